The molecule has 1 unspecified atom stereocenters. The summed E-state index contributed by atoms with van der Waals surface area (Å²) in [6, 6.07) is 0.238. The van der Waals surface area contributed by atoms with Gasteiger partial charge in [0, 0.05) is 13.5 Å². The molecule has 0 amide bonds. The van der Waals surface area contributed by atoms with E-state index in [4.69, 9.17) is 10.5 Å². The van der Waals surface area contributed by atoms with E-state index in [1.807, 2.05) is 0 Å². The quantitative estimate of drug-likeness (QED) is 0.488. The van der Waals surface area contributed by atoms with Crippen molar-refractivity contribution >= 4 is 5.84 Å². The van der Waals surface area contributed by atoms with Crippen LogP contribution in [0.2, 0.25) is 0 Å². The van der Waals surface area contributed by atoms with Gasteiger partial charge >= 0.3 is 0 Å². The molecular weight excluding hydrogens is 152 g/mol. The third-order valence-electron chi connectivity index (χ3n) is 1.68. The van der Waals surface area contributed by atoms with Crippen molar-refractivity contribution in [3.8, 4) is 0 Å². The van der Waals surface area contributed by atoms with E-state index >= 15 is 0 Å². The second kappa shape index (κ2) is 7.10. The predicted molar refractivity (Wildman–Crippen MR) is 52.5 cm³/mol. The van der Waals surface area contributed by atoms with E-state index in [1.165, 1.54) is 0 Å². The van der Waals surface area contributed by atoms with Crippen molar-refractivity contribution in [3.05, 3.63) is 0 Å². The number of nitrogens with two attached hydrogens (primary N) is 1. The van der Waals surface area contributed by atoms with Crippen LogP contribution in [0.1, 0.15) is 33.1 Å². The monoisotopic (exact) mass is 172 g/mol. The third kappa shape index (κ3) is 5.13. The van der Waals surface area contributed by atoms with Crippen molar-refractivity contribution < 1.29 is 4.74 Å². The number of hydrogen-bond donors (Lipinski definition) is 1. The van der Waals surface area contributed by atoms with Gasteiger partial charge in [-0.1, -0.05) is 13.8 Å². The Labute approximate surface area is 75.0 Å². The van der Waals surface area contributed by atoms with E-state index in [2.05, 4.69) is 18.8 Å². The Morgan fingerprint density at radius 2 is 2.17 bits per heavy atom. The average molecular weight is 172 g/mol. The fraction of sp³-hybridized carbons (Fsp3) is 0.889. The van der Waals surface area contributed by atoms with Crippen LogP contribution in [0.3, 0.4) is 0 Å². The molecule has 0 rings (SSSR count). The lowest BCUT2D eigenvalue weighted by Gasteiger charge is -2.09. The van der Waals surface area contributed by atoms with Gasteiger partial charge in [-0.05, 0) is 12.8 Å². The van der Waals surface area contributed by atoms with E-state index in [0.717, 1.165) is 25.1 Å². The fourth-order valence-corrected chi connectivity index (χ4v) is 0.994. The molecule has 0 aromatic heterocycles. The van der Waals surface area contributed by atoms with Gasteiger partial charge in [0.2, 0.25) is 0 Å². The third-order valence-corrected chi connectivity index (χ3v) is 1.68. The lowest BCUT2D eigenvalue weighted by molar-refractivity contribution is 0.179. The van der Waals surface area contributed by atoms with Crippen molar-refractivity contribution in [3.63, 3.8) is 0 Å². The van der Waals surface area contributed by atoms with E-state index < -0.39 is 0 Å². The maximum atomic E-state index is 5.69. The van der Waals surface area contributed by atoms with Crippen LogP contribution < -0.4 is 5.73 Å². The Bertz CT molecular complexity index is 134. The molecule has 0 saturated carbocycles. The minimum atomic E-state index is 0.238. The molecule has 0 saturated heterocycles. The standard InChI is InChI=1S/C9H20N2O/c1-4-6-9(10)11-8(5-2)7-12-3/h8H,4-7H2,1-3H3,(H2,10,11). The van der Waals surface area contributed by atoms with Gasteiger partial charge in [0.05, 0.1) is 18.5 Å². The molecule has 3 heteroatoms. The molecule has 0 heterocycles. The highest BCUT2D eigenvalue weighted by Crippen LogP contribution is 1.99. The normalized spacial score (nSPS) is 14.8. The topological polar surface area (TPSA) is 47.6 Å². The van der Waals surface area contributed by atoms with E-state index in [9.17, 15) is 0 Å². The highest BCUT2D eigenvalue weighted by atomic mass is 16.5. The summed E-state index contributed by atoms with van der Waals surface area (Å²) >= 11 is 0. The van der Waals surface area contributed by atoms with E-state index in [-0.39, 0.29) is 6.04 Å². The largest absolute Gasteiger partial charge is 0.387 e. The Morgan fingerprint density at radius 3 is 2.58 bits per heavy atom. The second-order valence-corrected chi connectivity index (χ2v) is 2.89. The first kappa shape index (κ1) is 11.4. The van der Waals surface area contributed by atoms with Crippen molar-refractivity contribution in [2.75, 3.05) is 13.7 Å². The van der Waals surface area contributed by atoms with Gasteiger partial charge in [-0.25, -0.2) is 0 Å². The number of hydrogen-bond acceptors (Lipinski definition) is 2. The van der Waals surface area contributed by atoms with Gasteiger partial charge in [-0.15, -0.1) is 0 Å². The van der Waals surface area contributed by atoms with Crippen LogP contribution in [-0.2, 0) is 4.74 Å². The Hall–Kier alpha value is -0.570. The van der Waals surface area contributed by atoms with Crippen molar-refractivity contribution in [2.24, 2.45) is 10.7 Å². The zero-order valence-electron chi connectivity index (χ0n) is 8.34. The summed E-state index contributed by atoms with van der Waals surface area (Å²) in [6.07, 6.45) is 2.93. The van der Waals surface area contributed by atoms with Crippen LogP contribution in [0.15, 0.2) is 4.99 Å². The maximum Gasteiger partial charge on any atom is 0.0941 e. The van der Waals surface area contributed by atoms with Gasteiger partial charge in [0.15, 0.2) is 0 Å². The number of rotatable bonds is 6. The van der Waals surface area contributed by atoms with Crippen LogP contribution in [0.25, 0.3) is 0 Å². The first-order valence-corrected chi connectivity index (χ1v) is 4.55. The molecule has 0 aromatic carbocycles. The van der Waals surface area contributed by atoms with Gasteiger partial charge in [-0.2, -0.15) is 0 Å². The van der Waals surface area contributed by atoms with Crippen LogP contribution in [0.5, 0.6) is 0 Å². The first-order chi connectivity index (χ1) is 5.74. The minimum Gasteiger partial charge on any atom is -0.387 e. The summed E-state index contributed by atoms with van der Waals surface area (Å²) in [6.45, 7) is 4.85. The molecule has 0 bridgehead atoms. The molecule has 0 aliphatic rings. The summed E-state index contributed by atoms with van der Waals surface area (Å²) in [7, 11) is 1.69. The van der Waals surface area contributed by atoms with Crippen LogP contribution in [0.4, 0.5) is 0 Å². The van der Waals surface area contributed by atoms with Gasteiger partial charge < -0.3 is 10.5 Å². The molecule has 3 nitrogen and oxygen atoms in total. The molecule has 0 aliphatic heterocycles. The SMILES string of the molecule is CCCC(N)=NC(CC)COC. The smallest absolute Gasteiger partial charge is 0.0941 e. The zero-order valence-corrected chi connectivity index (χ0v) is 8.34. The van der Waals surface area contributed by atoms with Crippen LogP contribution >= 0.6 is 0 Å². The lowest BCUT2D eigenvalue weighted by Crippen LogP contribution is -2.19. The van der Waals surface area contributed by atoms with Gasteiger partial charge in [0.1, 0.15) is 0 Å². The number of aliphatic imine (C=N–C) groups is 1. The molecule has 0 aromatic rings. The molecular formula is C9H20N2O. The molecule has 72 valence electrons. The van der Waals surface area contributed by atoms with Crippen molar-refractivity contribution in [1.82, 2.24) is 0 Å². The van der Waals surface area contributed by atoms with E-state index in [1.54, 1.807) is 7.11 Å². The molecule has 0 fully saturated rings. The van der Waals surface area contributed by atoms with Crippen LogP contribution in [-0.4, -0.2) is 25.6 Å². The van der Waals surface area contributed by atoms with E-state index in [0.29, 0.717) is 6.61 Å². The summed E-state index contributed by atoms with van der Waals surface area (Å²) in [5.74, 6) is 0.751. The number of ether oxygens (including phenoxy) is 1. The first-order valence-electron chi connectivity index (χ1n) is 4.55. The molecule has 2 N–H and O–H groups in total. The maximum absolute atomic E-state index is 5.69. The predicted octanol–water partition coefficient (Wildman–Crippen LogP) is 1.57. The van der Waals surface area contributed by atoms with Gasteiger partial charge in [0.25, 0.3) is 0 Å². The number of amidine groups is 1. The Balaban J connectivity index is 3.87. The van der Waals surface area contributed by atoms with Crippen molar-refractivity contribution in [2.45, 2.75) is 39.2 Å². The number of nitrogens with zero attached hydrogens (tertiary/aromatic N) is 1. The Kier molecular flexibility index (Phi) is 6.76. The Morgan fingerprint density at radius 1 is 1.50 bits per heavy atom. The molecule has 0 spiro atoms. The zero-order chi connectivity index (χ0) is 9.40. The summed E-state index contributed by atoms with van der Waals surface area (Å²) < 4.78 is 5.01. The molecule has 12 heavy (non-hydrogen) atoms. The average Bonchev–Trinajstić information content (AvgIpc) is 2.04. The summed E-state index contributed by atoms with van der Waals surface area (Å²) in [5, 5.41) is 0. The number of methoxy groups -OCH3 is 1. The highest BCUT2D eigenvalue weighted by Gasteiger charge is 2.03. The van der Waals surface area contributed by atoms with Crippen molar-refractivity contribution in [1.29, 1.82) is 0 Å². The molecule has 0 aliphatic carbocycles. The van der Waals surface area contributed by atoms with Gasteiger partial charge in [-0.3, -0.25) is 4.99 Å². The molecule has 0 radical (unpaired) electrons. The second-order valence-electron chi connectivity index (χ2n) is 2.89. The van der Waals surface area contributed by atoms with Crippen LogP contribution in [0, 0.1) is 0 Å². The minimum absolute atomic E-state index is 0.238. The highest BCUT2D eigenvalue weighted by molar-refractivity contribution is 5.80. The summed E-state index contributed by atoms with van der Waals surface area (Å²) in [4.78, 5) is 4.34. The fourth-order valence-electron chi connectivity index (χ4n) is 0.994. The molecule has 1 atom stereocenters. The lowest BCUT2D eigenvalue weighted by atomic mass is 10.2. The summed E-state index contributed by atoms with van der Waals surface area (Å²) in [5.41, 5.74) is 5.69.